The van der Waals surface area contributed by atoms with E-state index < -0.39 is 0 Å². The van der Waals surface area contributed by atoms with Crippen molar-refractivity contribution in [2.75, 3.05) is 0 Å². The lowest BCUT2D eigenvalue weighted by molar-refractivity contribution is 0.0456. The van der Waals surface area contributed by atoms with Crippen molar-refractivity contribution < 1.29 is 4.74 Å². The molecule has 0 radical (unpaired) electrons. The van der Waals surface area contributed by atoms with Crippen LogP contribution in [0.3, 0.4) is 0 Å². The molecule has 4 nitrogen and oxygen atoms in total. The van der Waals surface area contributed by atoms with Gasteiger partial charge in [0, 0.05) is 12.4 Å². The lowest BCUT2D eigenvalue weighted by Crippen LogP contribution is -2.17. The molecule has 0 amide bonds. The number of ether oxygens (including phenoxy) is 1. The maximum absolute atomic E-state index is 8.76. The average molecular weight is 191 g/mol. The van der Waals surface area contributed by atoms with Gasteiger partial charge in [-0.3, -0.25) is 0 Å². The van der Waals surface area contributed by atoms with Crippen LogP contribution in [0.1, 0.15) is 25.6 Å². The van der Waals surface area contributed by atoms with Crippen molar-refractivity contribution in [1.82, 2.24) is 9.55 Å². The van der Waals surface area contributed by atoms with Crippen LogP contribution in [0.15, 0.2) is 12.4 Å². The van der Waals surface area contributed by atoms with Gasteiger partial charge in [-0.1, -0.05) is 0 Å². The Labute approximate surface area is 83.1 Å². The molecule has 1 aliphatic heterocycles. The molecule has 2 atom stereocenters. The fraction of sp³-hybridized carbons (Fsp3) is 0.600. The lowest BCUT2D eigenvalue weighted by Gasteiger charge is -2.11. The molecule has 0 aromatic carbocycles. The molecular formula is C10H13N3O. The number of imidazole rings is 1. The van der Waals surface area contributed by atoms with Crippen molar-refractivity contribution in [3.63, 3.8) is 0 Å². The molecule has 1 aromatic heterocycles. The normalized spacial score (nSPS) is 26.3. The van der Waals surface area contributed by atoms with Gasteiger partial charge in [-0.2, -0.15) is 5.26 Å². The highest BCUT2D eigenvalue weighted by Crippen LogP contribution is 2.20. The van der Waals surface area contributed by atoms with Gasteiger partial charge in [0.25, 0.3) is 0 Å². The van der Waals surface area contributed by atoms with E-state index in [-0.39, 0.29) is 6.10 Å². The number of hydrogen-bond acceptors (Lipinski definition) is 3. The van der Waals surface area contributed by atoms with Crippen LogP contribution in [0, 0.1) is 11.3 Å². The van der Waals surface area contributed by atoms with Gasteiger partial charge in [-0.15, -0.1) is 0 Å². The molecular weight excluding hydrogens is 178 g/mol. The Hall–Kier alpha value is -1.34. The van der Waals surface area contributed by atoms with Crippen LogP contribution in [-0.2, 0) is 11.3 Å². The van der Waals surface area contributed by atoms with Gasteiger partial charge < -0.3 is 9.30 Å². The fourth-order valence-electron chi connectivity index (χ4n) is 1.81. The molecule has 0 N–H and O–H groups in total. The molecule has 74 valence electrons. The minimum atomic E-state index is 0.242. The van der Waals surface area contributed by atoms with Crippen LogP contribution in [0.5, 0.6) is 0 Å². The number of nitrogens with zero attached hydrogens (tertiary/aromatic N) is 3. The SMILES string of the molecule is CC1CCC(Cn2ccnc2C#N)O1. The quantitative estimate of drug-likeness (QED) is 0.708. The van der Waals surface area contributed by atoms with Gasteiger partial charge >= 0.3 is 0 Å². The number of rotatable bonds is 2. The Kier molecular flexibility index (Phi) is 2.51. The highest BCUT2D eigenvalue weighted by molar-refractivity contribution is 5.11. The number of nitriles is 1. The first-order valence-corrected chi connectivity index (χ1v) is 4.86. The summed E-state index contributed by atoms with van der Waals surface area (Å²) in [5.74, 6) is 0.466. The van der Waals surface area contributed by atoms with Gasteiger partial charge in [-0.25, -0.2) is 4.98 Å². The van der Waals surface area contributed by atoms with E-state index in [1.165, 1.54) is 0 Å². The third-order valence-electron chi connectivity index (χ3n) is 2.54. The number of aromatic nitrogens is 2. The van der Waals surface area contributed by atoms with Crippen molar-refractivity contribution >= 4 is 0 Å². The molecule has 1 aromatic rings. The summed E-state index contributed by atoms with van der Waals surface area (Å²) >= 11 is 0. The highest BCUT2D eigenvalue weighted by atomic mass is 16.5. The molecule has 2 unspecified atom stereocenters. The van der Waals surface area contributed by atoms with E-state index in [0.717, 1.165) is 19.4 Å². The van der Waals surface area contributed by atoms with Gasteiger partial charge in [-0.05, 0) is 19.8 Å². The molecule has 2 heterocycles. The van der Waals surface area contributed by atoms with Crippen molar-refractivity contribution in [3.05, 3.63) is 18.2 Å². The summed E-state index contributed by atoms with van der Waals surface area (Å²) < 4.78 is 7.53. The van der Waals surface area contributed by atoms with Gasteiger partial charge in [0.1, 0.15) is 6.07 Å². The molecule has 1 aliphatic rings. The van der Waals surface area contributed by atoms with Crippen LogP contribution >= 0.6 is 0 Å². The summed E-state index contributed by atoms with van der Waals surface area (Å²) in [6.45, 7) is 2.83. The Balaban J connectivity index is 2.01. The van der Waals surface area contributed by atoms with Gasteiger partial charge in [0.2, 0.25) is 5.82 Å². The van der Waals surface area contributed by atoms with Crippen molar-refractivity contribution in [2.24, 2.45) is 0 Å². The lowest BCUT2D eigenvalue weighted by atomic mass is 10.2. The summed E-state index contributed by atoms with van der Waals surface area (Å²) in [7, 11) is 0. The predicted molar refractivity (Wildman–Crippen MR) is 50.5 cm³/mol. The van der Waals surface area contributed by atoms with Crippen LogP contribution in [0.2, 0.25) is 0 Å². The molecule has 4 heteroatoms. The Morgan fingerprint density at radius 2 is 2.57 bits per heavy atom. The van der Waals surface area contributed by atoms with Crippen LogP contribution < -0.4 is 0 Å². The van der Waals surface area contributed by atoms with E-state index >= 15 is 0 Å². The Morgan fingerprint density at radius 3 is 3.21 bits per heavy atom. The molecule has 14 heavy (non-hydrogen) atoms. The first kappa shape index (κ1) is 9.22. The molecule has 0 aliphatic carbocycles. The van der Waals surface area contributed by atoms with Crippen LogP contribution in [-0.4, -0.2) is 21.8 Å². The van der Waals surface area contributed by atoms with Gasteiger partial charge in [0.15, 0.2) is 0 Å². The molecule has 0 bridgehead atoms. The zero-order valence-electron chi connectivity index (χ0n) is 8.18. The highest BCUT2D eigenvalue weighted by Gasteiger charge is 2.22. The monoisotopic (exact) mass is 191 g/mol. The summed E-state index contributed by atoms with van der Waals surface area (Å²) in [6.07, 6.45) is 6.26. The van der Waals surface area contributed by atoms with E-state index in [0.29, 0.717) is 11.9 Å². The van der Waals surface area contributed by atoms with E-state index in [4.69, 9.17) is 10.00 Å². The minimum absolute atomic E-state index is 0.242. The summed E-state index contributed by atoms with van der Waals surface area (Å²) in [5.41, 5.74) is 0. The standard InChI is InChI=1S/C10H13N3O/c1-8-2-3-9(14-8)7-13-5-4-12-10(13)6-11/h4-5,8-9H,2-3,7H2,1H3. The first-order valence-electron chi connectivity index (χ1n) is 4.86. The Morgan fingerprint density at radius 1 is 1.71 bits per heavy atom. The van der Waals surface area contributed by atoms with E-state index in [2.05, 4.69) is 18.0 Å². The smallest absolute Gasteiger partial charge is 0.212 e. The number of hydrogen-bond donors (Lipinski definition) is 0. The second-order valence-electron chi connectivity index (χ2n) is 3.66. The summed E-state index contributed by atoms with van der Waals surface area (Å²) in [5, 5.41) is 8.76. The molecule has 0 spiro atoms. The maximum Gasteiger partial charge on any atom is 0.212 e. The maximum atomic E-state index is 8.76. The van der Waals surface area contributed by atoms with Crippen LogP contribution in [0.4, 0.5) is 0 Å². The van der Waals surface area contributed by atoms with Crippen LogP contribution in [0.25, 0.3) is 0 Å². The summed E-state index contributed by atoms with van der Waals surface area (Å²) in [6, 6.07) is 2.06. The Bertz CT molecular complexity index is 352. The average Bonchev–Trinajstić information content (AvgIpc) is 2.76. The molecule has 2 rings (SSSR count). The molecule has 1 saturated heterocycles. The van der Waals surface area contributed by atoms with E-state index in [9.17, 15) is 0 Å². The predicted octanol–water partition coefficient (Wildman–Crippen LogP) is 1.32. The van der Waals surface area contributed by atoms with Crippen molar-refractivity contribution in [2.45, 2.75) is 38.5 Å². The van der Waals surface area contributed by atoms with Gasteiger partial charge in [0.05, 0.1) is 18.8 Å². The van der Waals surface area contributed by atoms with E-state index in [1.807, 2.05) is 10.8 Å². The molecule has 1 fully saturated rings. The zero-order chi connectivity index (χ0) is 9.97. The minimum Gasteiger partial charge on any atom is -0.373 e. The zero-order valence-corrected chi connectivity index (χ0v) is 8.18. The fourth-order valence-corrected chi connectivity index (χ4v) is 1.81. The first-order chi connectivity index (χ1) is 6.79. The third kappa shape index (κ3) is 1.78. The largest absolute Gasteiger partial charge is 0.373 e. The van der Waals surface area contributed by atoms with Crippen molar-refractivity contribution in [3.8, 4) is 6.07 Å². The molecule has 0 saturated carbocycles. The summed E-state index contributed by atoms with van der Waals surface area (Å²) in [4.78, 5) is 3.94. The topological polar surface area (TPSA) is 50.8 Å². The van der Waals surface area contributed by atoms with Crippen molar-refractivity contribution in [1.29, 1.82) is 5.26 Å². The second kappa shape index (κ2) is 3.81. The van der Waals surface area contributed by atoms with E-state index in [1.54, 1.807) is 6.20 Å². The third-order valence-corrected chi connectivity index (χ3v) is 2.54. The second-order valence-corrected chi connectivity index (χ2v) is 3.66.